The molecule has 2 aromatic rings. The maximum Gasteiger partial charge on any atom is 0.421 e. The van der Waals surface area contributed by atoms with Gasteiger partial charge in [-0.2, -0.15) is 33.0 Å². The Bertz CT molecular complexity index is 644. The summed E-state index contributed by atoms with van der Waals surface area (Å²) in [5, 5.41) is 14.8. The number of nitriles is 1. The van der Waals surface area contributed by atoms with Gasteiger partial charge >= 0.3 is 6.18 Å². The van der Waals surface area contributed by atoms with Crippen LogP contribution in [0.2, 0.25) is 0 Å². The van der Waals surface area contributed by atoms with Crippen LogP contribution in [0.3, 0.4) is 0 Å². The smallest absolute Gasteiger partial charge is 0.341 e. The van der Waals surface area contributed by atoms with E-state index in [1.165, 1.54) is 0 Å². The number of hydrogen-bond acceptors (Lipinski definition) is 6. The van der Waals surface area contributed by atoms with Crippen molar-refractivity contribution in [3.05, 3.63) is 11.8 Å². The third kappa shape index (κ3) is 2.55. The van der Waals surface area contributed by atoms with Crippen molar-refractivity contribution < 1.29 is 13.2 Å². The molecule has 0 atom stereocenters. The molecular formula is C9H7F3N6S. The lowest BCUT2D eigenvalue weighted by molar-refractivity contribution is -0.136. The van der Waals surface area contributed by atoms with Gasteiger partial charge in [-0.15, -0.1) is 0 Å². The summed E-state index contributed by atoms with van der Waals surface area (Å²) in [4.78, 5) is 7.77. The number of thioether (sulfide) groups is 1. The molecule has 0 aliphatic carbocycles. The number of rotatable bonds is 3. The molecule has 0 aromatic carbocycles. The highest BCUT2D eigenvalue weighted by Crippen LogP contribution is 2.32. The second-order valence-corrected chi connectivity index (χ2v) is 4.11. The minimum atomic E-state index is -4.54. The minimum absolute atomic E-state index is 0.0476. The van der Waals surface area contributed by atoms with Crippen molar-refractivity contribution in [1.82, 2.24) is 19.6 Å². The molecule has 0 amide bonds. The SMILES string of the molecule is CSc1nc(NCC#N)n2ncc(C(F)(F)F)c2n1. The first-order valence-electron chi connectivity index (χ1n) is 4.95. The Kier molecular flexibility index (Phi) is 3.48. The highest BCUT2D eigenvalue weighted by Gasteiger charge is 2.36. The van der Waals surface area contributed by atoms with Crippen LogP contribution in [-0.4, -0.2) is 32.4 Å². The molecule has 0 bridgehead atoms. The molecular weight excluding hydrogens is 281 g/mol. The molecule has 0 spiro atoms. The molecule has 0 fully saturated rings. The van der Waals surface area contributed by atoms with Crippen LogP contribution in [0.15, 0.2) is 11.4 Å². The van der Waals surface area contributed by atoms with Gasteiger partial charge in [-0.25, -0.2) is 4.98 Å². The monoisotopic (exact) mass is 288 g/mol. The van der Waals surface area contributed by atoms with Crippen LogP contribution in [0.4, 0.5) is 19.1 Å². The predicted molar refractivity (Wildman–Crippen MR) is 61.7 cm³/mol. The molecule has 2 heterocycles. The van der Waals surface area contributed by atoms with Crippen LogP contribution in [0.25, 0.3) is 5.65 Å². The molecule has 0 radical (unpaired) electrons. The average molecular weight is 288 g/mol. The van der Waals surface area contributed by atoms with Gasteiger partial charge in [0.1, 0.15) is 12.1 Å². The zero-order chi connectivity index (χ0) is 14.0. The Morgan fingerprint density at radius 3 is 2.79 bits per heavy atom. The van der Waals surface area contributed by atoms with E-state index in [0.29, 0.717) is 6.20 Å². The fourth-order valence-corrected chi connectivity index (χ4v) is 1.74. The number of anilines is 1. The van der Waals surface area contributed by atoms with Crippen molar-refractivity contribution in [2.45, 2.75) is 11.3 Å². The second-order valence-electron chi connectivity index (χ2n) is 3.34. The van der Waals surface area contributed by atoms with E-state index in [1.807, 2.05) is 6.07 Å². The van der Waals surface area contributed by atoms with E-state index in [1.54, 1.807) is 6.26 Å². The minimum Gasteiger partial charge on any atom is -0.341 e. The summed E-state index contributed by atoms with van der Waals surface area (Å²) in [6.07, 6.45) is -2.21. The van der Waals surface area contributed by atoms with E-state index in [-0.39, 0.29) is 23.3 Å². The number of alkyl halides is 3. The van der Waals surface area contributed by atoms with E-state index in [2.05, 4.69) is 20.4 Å². The molecule has 0 saturated carbocycles. The Labute approximate surface area is 109 Å². The molecule has 2 aromatic heterocycles. The van der Waals surface area contributed by atoms with Gasteiger partial charge in [0.15, 0.2) is 10.8 Å². The molecule has 1 N–H and O–H groups in total. The topological polar surface area (TPSA) is 78.9 Å². The van der Waals surface area contributed by atoms with E-state index >= 15 is 0 Å². The lowest BCUT2D eigenvalue weighted by Gasteiger charge is -2.07. The Balaban J connectivity index is 2.63. The first-order valence-corrected chi connectivity index (χ1v) is 6.17. The highest BCUT2D eigenvalue weighted by molar-refractivity contribution is 7.98. The summed E-state index contributed by atoms with van der Waals surface area (Å²) in [7, 11) is 0. The van der Waals surface area contributed by atoms with Gasteiger partial charge < -0.3 is 5.32 Å². The third-order valence-corrected chi connectivity index (χ3v) is 2.71. The van der Waals surface area contributed by atoms with E-state index in [9.17, 15) is 13.2 Å². The van der Waals surface area contributed by atoms with Crippen LogP contribution < -0.4 is 5.32 Å². The van der Waals surface area contributed by atoms with E-state index in [4.69, 9.17) is 5.26 Å². The van der Waals surface area contributed by atoms with E-state index < -0.39 is 11.7 Å². The largest absolute Gasteiger partial charge is 0.421 e. The van der Waals surface area contributed by atoms with E-state index in [0.717, 1.165) is 16.3 Å². The Morgan fingerprint density at radius 2 is 2.21 bits per heavy atom. The number of nitrogens with zero attached hydrogens (tertiary/aromatic N) is 5. The molecule has 10 heteroatoms. The van der Waals surface area contributed by atoms with Gasteiger partial charge in [-0.05, 0) is 6.26 Å². The molecule has 0 saturated heterocycles. The number of nitrogens with one attached hydrogen (secondary N) is 1. The van der Waals surface area contributed by atoms with Gasteiger partial charge in [0.25, 0.3) is 0 Å². The lowest BCUT2D eigenvalue weighted by Crippen LogP contribution is -2.11. The van der Waals surface area contributed by atoms with Gasteiger partial charge in [0.05, 0.1) is 12.3 Å². The summed E-state index contributed by atoms with van der Waals surface area (Å²) in [5.74, 6) is 0.0476. The second kappa shape index (κ2) is 4.93. The highest BCUT2D eigenvalue weighted by atomic mass is 32.2. The van der Waals surface area contributed by atoms with Gasteiger partial charge in [-0.1, -0.05) is 11.8 Å². The number of aromatic nitrogens is 4. The summed E-state index contributed by atoms with van der Waals surface area (Å²) < 4.78 is 39.3. The summed E-state index contributed by atoms with van der Waals surface area (Å²) >= 11 is 1.10. The van der Waals surface area contributed by atoms with Crippen molar-refractivity contribution in [1.29, 1.82) is 5.26 Å². The van der Waals surface area contributed by atoms with Crippen molar-refractivity contribution in [3.8, 4) is 6.07 Å². The number of halogens is 3. The molecule has 100 valence electrons. The zero-order valence-corrected chi connectivity index (χ0v) is 10.4. The van der Waals surface area contributed by atoms with Crippen molar-refractivity contribution in [3.63, 3.8) is 0 Å². The standard InChI is InChI=1S/C9H7F3N6S/c1-19-8-16-6-5(9(10,11)12)4-15-18(6)7(17-8)14-3-2-13/h4H,3H2,1H3,(H,14,16,17). The Morgan fingerprint density at radius 1 is 1.47 bits per heavy atom. The van der Waals surface area contributed by atoms with Crippen molar-refractivity contribution in [2.75, 3.05) is 18.1 Å². The van der Waals surface area contributed by atoms with Crippen LogP contribution in [0.5, 0.6) is 0 Å². The quantitative estimate of drug-likeness (QED) is 0.685. The van der Waals surface area contributed by atoms with Gasteiger partial charge in [-0.3, -0.25) is 0 Å². The summed E-state index contributed by atoms with van der Waals surface area (Å²) in [5.41, 5.74) is -1.28. The first kappa shape index (κ1) is 13.4. The van der Waals surface area contributed by atoms with Crippen molar-refractivity contribution >= 4 is 23.4 Å². The first-order chi connectivity index (χ1) is 8.97. The molecule has 0 aliphatic heterocycles. The van der Waals surface area contributed by atoms with Crippen LogP contribution in [0.1, 0.15) is 5.56 Å². The van der Waals surface area contributed by atoms with Crippen molar-refractivity contribution in [2.24, 2.45) is 0 Å². The Hall–Kier alpha value is -2.02. The number of fused-ring (bicyclic) bond motifs is 1. The van der Waals surface area contributed by atoms with Gasteiger partial charge in [0, 0.05) is 0 Å². The predicted octanol–water partition coefficient (Wildman–Crippen LogP) is 1.80. The van der Waals surface area contributed by atoms with Gasteiger partial charge in [0.2, 0.25) is 5.95 Å². The number of hydrogen-bond donors (Lipinski definition) is 1. The summed E-state index contributed by atoms with van der Waals surface area (Å²) in [6.45, 7) is -0.0961. The molecule has 19 heavy (non-hydrogen) atoms. The summed E-state index contributed by atoms with van der Waals surface area (Å²) in [6, 6.07) is 1.81. The molecule has 2 rings (SSSR count). The maximum absolute atomic E-state index is 12.8. The molecule has 0 aliphatic rings. The maximum atomic E-state index is 12.8. The third-order valence-electron chi connectivity index (χ3n) is 2.16. The van der Waals surface area contributed by atoms with Crippen LogP contribution in [-0.2, 0) is 6.18 Å². The molecule has 6 nitrogen and oxygen atoms in total. The fraction of sp³-hybridized carbons (Fsp3) is 0.333. The van der Waals surface area contributed by atoms with Crippen LogP contribution >= 0.6 is 11.8 Å². The molecule has 0 unspecified atom stereocenters. The fourth-order valence-electron chi connectivity index (χ4n) is 1.38. The lowest BCUT2D eigenvalue weighted by atomic mass is 10.3. The zero-order valence-electron chi connectivity index (χ0n) is 9.56. The normalized spacial score (nSPS) is 11.5. The van der Waals surface area contributed by atoms with Crippen LogP contribution in [0, 0.1) is 11.3 Å². The average Bonchev–Trinajstić information content (AvgIpc) is 2.79.